The Balaban J connectivity index is 2.67. The molecule has 2 aromatic rings. The van der Waals surface area contributed by atoms with Crippen molar-refractivity contribution in [3.8, 4) is 0 Å². The Morgan fingerprint density at radius 2 is 1.69 bits per heavy atom. The van der Waals surface area contributed by atoms with Crippen molar-refractivity contribution in [3.63, 3.8) is 0 Å². The van der Waals surface area contributed by atoms with Crippen molar-refractivity contribution in [3.05, 3.63) is 62.2 Å². The third-order valence-electron chi connectivity index (χ3n) is 3.27. The van der Waals surface area contributed by atoms with E-state index in [1.54, 1.807) is 0 Å². The van der Waals surface area contributed by atoms with E-state index in [-0.39, 0.29) is 17.2 Å². The largest absolute Gasteiger partial charge is 0.488 e. The molecule has 0 unspecified atom stereocenters. The van der Waals surface area contributed by atoms with Crippen molar-refractivity contribution in [2.45, 2.75) is 6.18 Å². The van der Waals surface area contributed by atoms with Crippen LogP contribution in [0.25, 0.3) is 0 Å². The SMILES string of the molecule is O=[N+]([O-])c1cc([N+](=O)[O-])c(Nc2cccc(B(O)O)c2)c(C(F)(F)F)c1. The highest BCUT2D eigenvalue weighted by molar-refractivity contribution is 6.58. The van der Waals surface area contributed by atoms with Crippen molar-refractivity contribution in [1.82, 2.24) is 0 Å². The Hall–Kier alpha value is -3.19. The summed E-state index contributed by atoms with van der Waals surface area (Å²) in [6.45, 7) is 0. The summed E-state index contributed by atoms with van der Waals surface area (Å²) < 4.78 is 39.8. The summed E-state index contributed by atoms with van der Waals surface area (Å²) in [5.41, 5.74) is -5.03. The molecule has 0 amide bonds. The number of hydrogen-bond donors (Lipinski definition) is 3. The lowest BCUT2D eigenvalue weighted by molar-refractivity contribution is -0.394. The molecule has 0 heterocycles. The fourth-order valence-corrected chi connectivity index (χ4v) is 2.14. The van der Waals surface area contributed by atoms with Crippen LogP contribution >= 0.6 is 0 Å². The molecule has 0 radical (unpaired) electrons. The number of non-ortho nitro benzene ring substituents is 1. The zero-order valence-corrected chi connectivity index (χ0v) is 12.6. The van der Waals surface area contributed by atoms with Gasteiger partial charge in [-0.3, -0.25) is 20.2 Å². The van der Waals surface area contributed by atoms with Gasteiger partial charge in [0.15, 0.2) is 0 Å². The van der Waals surface area contributed by atoms with Gasteiger partial charge in [-0.25, -0.2) is 0 Å². The molecule has 3 N–H and O–H groups in total. The number of rotatable bonds is 5. The Morgan fingerprint density at radius 1 is 1.04 bits per heavy atom. The van der Waals surface area contributed by atoms with E-state index in [4.69, 9.17) is 10.0 Å². The summed E-state index contributed by atoms with van der Waals surface area (Å²) in [6.07, 6.45) is -5.12. The van der Waals surface area contributed by atoms with Gasteiger partial charge in [0.2, 0.25) is 0 Å². The van der Waals surface area contributed by atoms with Gasteiger partial charge >= 0.3 is 13.3 Å². The van der Waals surface area contributed by atoms with Gasteiger partial charge in [-0.05, 0) is 17.6 Å². The molecule has 0 spiro atoms. The molecule has 26 heavy (non-hydrogen) atoms. The molecule has 0 atom stereocenters. The normalized spacial score (nSPS) is 11.1. The minimum atomic E-state index is -5.12. The molecule has 13 heteroatoms. The van der Waals surface area contributed by atoms with E-state index >= 15 is 0 Å². The first-order valence-electron chi connectivity index (χ1n) is 6.78. The van der Waals surface area contributed by atoms with Crippen LogP contribution in [-0.4, -0.2) is 27.0 Å². The number of nitrogens with one attached hydrogen (secondary N) is 1. The van der Waals surface area contributed by atoms with Crippen molar-refractivity contribution in [1.29, 1.82) is 0 Å². The highest BCUT2D eigenvalue weighted by atomic mass is 19.4. The number of nitrogens with zero attached hydrogens (tertiary/aromatic N) is 2. The van der Waals surface area contributed by atoms with Crippen LogP contribution in [0.3, 0.4) is 0 Å². The van der Waals surface area contributed by atoms with Crippen molar-refractivity contribution in [2.24, 2.45) is 0 Å². The molecule has 0 aliphatic rings. The van der Waals surface area contributed by atoms with Gasteiger partial charge in [-0.15, -0.1) is 0 Å². The Bertz CT molecular complexity index is 875. The molecule has 0 fully saturated rings. The van der Waals surface area contributed by atoms with Crippen molar-refractivity contribution >= 4 is 35.3 Å². The number of anilines is 2. The average molecular weight is 371 g/mol. The molecule has 0 saturated heterocycles. The van der Waals surface area contributed by atoms with Crippen molar-refractivity contribution < 1.29 is 33.1 Å². The molecule has 2 rings (SSSR count). The Kier molecular flexibility index (Phi) is 5.13. The van der Waals surface area contributed by atoms with E-state index in [1.165, 1.54) is 18.2 Å². The van der Waals surface area contributed by atoms with E-state index in [2.05, 4.69) is 5.32 Å². The second-order valence-electron chi connectivity index (χ2n) is 5.02. The molecule has 0 bridgehead atoms. The number of benzene rings is 2. The molecular weight excluding hydrogens is 362 g/mol. The van der Waals surface area contributed by atoms with Crippen molar-refractivity contribution in [2.75, 3.05) is 5.32 Å². The van der Waals surface area contributed by atoms with Crippen LogP contribution in [0.15, 0.2) is 36.4 Å². The van der Waals surface area contributed by atoms with Gasteiger partial charge in [0.25, 0.3) is 11.4 Å². The summed E-state index contributed by atoms with van der Waals surface area (Å²) in [4.78, 5) is 19.6. The lowest BCUT2D eigenvalue weighted by Crippen LogP contribution is -2.29. The topological polar surface area (TPSA) is 139 Å². The third kappa shape index (κ3) is 4.07. The summed E-state index contributed by atoms with van der Waals surface area (Å²) >= 11 is 0. The van der Waals surface area contributed by atoms with E-state index < -0.39 is 45.8 Å². The fraction of sp³-hybridized carbons (Fsp3) is 0.0769. The number of hydrogen-bond acceptors (Lipinski definition) is 7. The molecule has 0 aliphatic carbocycles. The molecule has 2 aromatic carbocycles. The van der Waals surface area contributed by atoms with Crippen LogP contribution in [0.2, 0.25) is 0 Å². The highest BCUT2D eigenvalue weighted by Crippen LogP contribution is 2.43. The number of nitro benzene ring substituents is 2. The number of alkyl halides is 3. The maximum absolute atomic E-state index is 13.3. The van der Waals surface area contributed by atoms with Gasteiger partial charge in [0, 0.05) is 11.8 Å². The summed E-state index contributed by atoms with van der Waals surface area (Å²) in [5.74, 6) is 0. The monoisotopic (exact) mass is 371 g/mol. The lowest BCUT2D eigenvalue weighted by atomic mass is 9.80. The predicted molar refractivity (Wildman–Crippen MR) is 84.3 cm³/mol. The molecule has 9 nitrogen and oxygen atoms in total. The van der Waals surface area contributed by atoms with E-state index in [0.29, 0.717) is 6.07 Å². The minimum absolute atomic E-state index is 0.0758. The standard InChI is InChI=1S/C13H9BF3N3O6/c15-13(16,17)10-5-9(19(23)24)6-11(20(25)26)12(10)18-8-3-1-2-7(4-8)14(21)22/h1-6,18,21-22H. The van der Waals surface area contributed by atoms with Crippen LogP contribution in [0, 0.1) is 20.2 Å². The van der Waals surface area contributed by atoms with Gasteiger partial charge < -0.3 is 15.4 Å². The maximum Gasteiger partial charge on any atom is 0.488 e. The molecule has 0 aliphatic heterocycles. The second kappa shape index (κ2) is 6.97. The van der Waals surface area contributed by atoms with Gasteiger partial charge in [-0.1, -0.05) is 12.1 Å². The third-order valence-corrected chi connectivity index (χ3v) is 3.27. The smallest absolute Gasteiger partial charge is 0.423 e. The minimum Gasteiger partial charge on any atom is -0.423 e. The first-order chi connectivity index (χ1) is 12.0. The van der Waals surface area contributed by atoms with E-state index in [0.717, 1.165) is 6.07 Å². The van der Waals surface area contributed by atoms with E-state index in [9.17, 15) is 33.4 Å². The first-order valence-corrected chi connectivity index (χ1v) is 6.78. The van der Waals surface area contributed by atoms with E-state index in [1.807, 2.05) is 0 Å². The first kappa shape index (κ1) is 19.1. The van der Waals surface area contributed by atoms with Gasteiger partial charge in [-0.2, -0.15) is 13.2 Å². The van der Waals surface area contributed by atoms with Crippen LogP contribution in [0.1, 0.15) is 5.56 Å². The average Bonchev–Trinajstić information content (AvgIpc) is 2.53. The van der Waals surface area contributed by atoms with Gasteiger partial charge in [0.05, 0.1) is 21.5 Å². The zero-order valence-electron chi connectivity index (χ0n) is 12.6. The molecule has 136 valence electrons. The molecule has 0 saturated carbocycles. The fourth-order valence-electron chi connectivity index (χ4n) is 2.14. The quantitative estimate of drug-likeness (QED) is 0.415. The second-order valence-corrected chi connectivity index (χ2v) is 5.02. The summed E-state index contributed by atoms with van der Waals surface area (Å²) in [7, 11) is -1.91. The van der Waals surface area contributed by atoms with Crippen LogP contribution < -0.4 is 10.8 Å². The number of halogens is 3. The lowest BCUT2D eigenvalue weighted by Gasteiger charge is -2.15. The van der Waals surface area contributed by atoms with Gasteiger partial charge in [0.1, 0.15) is 5.69 Å². The predicted octanol–water partition coefficient (Wildman–Crippen LogP) is 1.95. The Morgan fingerprint density at radius 3 is 2.19 bits per heavy atom. The Labute approximate surface area is 143 Å². The molecular formula is C13H9BF3N3O6. The summed E-state index contributed by atoms with van der Waals surface area (Å²) in [6, 6.07) is 5.43. The number of nitro groups is 2. The zero-order chi connectivity index (χ0) is 19.6. The van der Waals surface area contributed by atoms with Crippen LogP contribution in [0.5, 0.6) is 0 Å². The molecule has 0 aromatic heterocycles. The van der Waals surface area contributed by atoms with Crippen LogP contribution in [0.4, 0.5) is 35.9 Å². The highest BCUT2D eigenvalue weighted by Gasteiger charge is 2.39. The van der Waals surface area contributed by atoms with Crippen LogP contribution in [-0.2, 0) is 6.18 Å². The maximum atomic E-state index is 13.3. The summed E-state index contributed by atoms with van der Waals surface area (Å²) in [5, 5.41) is 42.3.